The first-order chi connectivity index (χ1) is 6.18. The number of carbonyl (C=O) groups excluding carboxylic acids is 1. The zero-order chi connectivity index (χ0) is 9.68. The van der Waals surface area contributed by atoms with Crippen LogP contribution in [0.25, 0.3) is 0 Å². The van der Waals surface area contributed by atoms with Crippen LogP contribution < -0.4 is 0 Å². The van der Waals surface area contributed by atoms with Crippen molar-refractivity contribution in [1.82, 2.24) is 0 Å². The number of hydrogen-bond donors (Lipinski definition) is 1. The number of carbonyl (C=O) groups is 1. The van der Waals surface area contributed by atoms with Crippen LogP contribution in [0, 0.1) is 0 Å². The zero-order valence-corrected chi connectivity index (χ0v) is 7.62. The van der Waals surface area contributed by atoms with E-state index in [-0.39, 0.29) is 12.4 Å². The van der Waals surface area contributed by atoms with Crippen molar-refractivity contribution in [3.8, 4) is 5.75 Å². The zero-order valence-electron chi connectivity index (χ0n) is 6.87. The van der Waals surface area contributed by atoms with Gasteiger partial charge in [-0.2, -0.15) is 0 Å². The summed E-state index contributed by atoms with van der Waals surface area (Å²) in [5.74, 6) is 0.220. The molecule has 1 aromatic rings. The molecular formula is C9H9ClO3. The van der Waals surface area contributed by atoms with E-state index >= 15 is 0 Å². The Labute approximate surface area is 80.9 Å². The van der Waals surface area contributed by atoms with Gasteiger partial charge in [0.05, 0.1) is 6.61 Å². The van der Waals surface area contributed by atoms with Gasteiger partial charge < -0.3 is 9.84 Å². The van der Waals surface area contributed by atoms with Gasteiger partial charge in [-0.25, -0.2) is 4.79 Å². The molecule has 1 aromatic carbocycles. The maximum absolute atomic E-state index is 10.2. The average molecular weight is 201 g/mol. The van der Waals surface area contributed by atoms with Crippen LogP contribution in [0.4, 0.5) is 4.79 Å². The van der Waals surface area contributed by atoms with Crippen molar-refractivity contribution in [2.24, 2.45) is 0 Å². The molecule has 4 heteroatoms. The predicted molar refractivity (Wildman–Crippen MR) is 49.0 cm³/mol. The summed E-state index contributed by atoms with van der Waals surface area (Å²) in [5.41, 5.74) is 0.189. The first kappa shape index (κ1) is 9.86. The molecule has 0 saturated heterocycles. The highest BCUT2D eigenvalue weighted by atomic mass is 35.5. The highest BCUT2D eigenvalue weighted by Gasteiger charge is 1.97. The van der Waals surface area contributed by atoms with Crippen LogP contribution in [-0.2, 0) is 11.2 Å². The van der Waals surface area contributed by atoms with Crippen LogP contribution >= 0.6 is 11.6 Å². The van der Waals surface area contributed by atoms with Gasteiger partial charge in [-0.3, -0.25) is 0 Å². The number of phenolic OH excluding ortho intramolecular Hbond substituents is 1. The molecule has 0 radical (unpaired) electrons. The first-order valence-corrected chi connectivity index (χ1v) is 4.16. The molecule has 0 aliphatic rings. The van der Waals surface area contributed by atoms with Gasteiger partial charge in [0.25, 0.3) is 0 Å². The van der Waals surface area contributed by atoms with E-state index in [0.29, 0.717) is 6.42 Å². The number of halogens is 1. The monoisotopic (exact) mass is 200 g/mol. The molecule has 0 saturated carbocycles. The van der Waals surface area contributed by atoms with E-state index in [1.54, 1.807) is 24.3 Å². The van der Waals surface area contributed by atoms with Crippen molar-refractivity contribution >= 4 is 17.0 Å². The van der Waals surface area contributed by atoms with E-state index in [2.05, 4.69) is 4.74 Å². The second-order valence-electron chi connectivity index (χ2n) is 2.50. The van der Waals surface area contributed by atoms with Gasteiger partial charge in [0.1, 0.15) is 5.75 Å². The third kappa shape index (κ3) is 3.80. The minimum absolute atomic E-state index is 0.220. The van der Waals surface area contributed by atoms with Gasteiger partial charge in [-0.05, 0) is 17.7 Å². The molecular weight excluding hydrogens is 192 g/mol. The second kappa shape index (κ2) is 4.72. The lowest BCUT2D eigenvalue weighted by molar-refractivity contribution is 0.175. The third-order valence-electron chi connectivity index (χ3n) is 1.54. The highest BCUT2D eigenvalue weighted by molar-refractivity contribution is 6.61. The van der Waals surface area contributed by atoms with Gasteiger partial charge in [-0.1, -0.05) is 12.1 Å². The van der Waals surface area contributed by atoms with E-state index in [1.807, 2.05) is 0 Å². The molecule has 3 nitrogen and oxygen atoms in total. The summed E-state index contributed by atoms with van der Waals surface area (Å²) in [4.78, 5) is 10.2. The number of hydrogen-bond acceptors (Lipinski definition) is 3. The van der Waals surface area contributed by atoms with E-state index in [9.17, 15) is 4.79 Å². The fourth-order valence-corrected chi connectivity index (χ4v) is 0.989. The molecule has 1 rings (SSSR count). The molecule has 0 fully saturated rings. The summed E-state index contributed by atoms with van der Waals surface area (Å²) in [5, 5.41) is 8.96. The Morgan fingerprint density at radius 3 is 2.54 bits per heavy atom. The fraction of sp³-hybridized carbons (Fsp3) is 0.222. The molecule has 0 heterocycles. The summed E-state index contributed by atoms with van der Waals surface area (Å²) in [6.07, 6.45) is 0.596. The van der Waals surface area contributed by atoms with Crippen LogP contribution in [0.5, 0.6) is 5.75 Å². The molecule has 0 spiro atoms. The van der Waals surface area contributed by atoms with E-state index < -0.39 is 5.43 Å². The van der Waals surface area contributed by atoms with Crippen LogP contribution in [0.1, 0.15) is 5.56 Å². The smallest absolute Gasteiger partial charge is 0.403 e. The summed E-state index contributed by atoms with van der Waals surface area (Å²) in [6, 6.07) is 6.69. The Morgan fingerprint density at radius 1 is 1.38 bits per heavy atom. The molecule has 0 bridgehead atoms. The number of rotatable bonds is 3. The lowest BCUT2D eigenvalue weighted by atomic mass is 10.1. The predicted octanol–water partition coefficient (Wildman–Crippen LogP) is 2.31. The van der Waals surface area contributed by atoms with E-state index in [1.165, 1.54) is 0 Å². The van der Waals surface area contributed by atoms with Gasteiger partial charge in [0.15, 0.2) is 0 Å². The van der Waals surface area contributed by atoms with Gasteiger partial charge in [0, 0.05) is 18.0 Å². The van der Waals surface area contributed by atoms with Crippen molar-refractivity contribution in [3.05, 3.63) is 29.8 Å². The van der Waals surface area contributed by atoms with E-state index in [4.69, 9.17) is 16.7 Å². The van der Waals surface area contributed by atoms with Gasteiger partial charge in [-0.15, -0.1) is 0 Å². The minimum Gasteiger partial charge on any atom is -0.508 e. The topological polar surface area (TPSA) is 46.5 Å². The number of aromatic hydroxyl groups is 1. The molecule has 0 aliphatic heterocycles. The molecule has 70 valence electrons. The Balaban J connectivity index is 2.37. The van der Waals surface area contributed by atoms with Crippen LogP contribution in [0.15, 0.2) is 24.3 Å². The number of phenols is 1. The first-order valence-electron chi connectivity index (χ1n) is 3.78. The summed E-state index contributed by atoms with van der Waals surface area (Å²) >= 11 is 4.97. The van der Waals surface area contributed by atoms with E-state index in [0.717, 1.165) is 5.56 Å². The van der Waals surface area contributed by atoms with Crippen LogP contribution in [-0.4, -0.2) is 17.1 Å². The standard InChI is InChI=1S/C9H9ClO3/c10-9(12)13-6-5-7-1-3-8(11)4-2-7/h1-4,11H,5-6H2. The lowest BCUT2D eigenvalue weighted by Gasteiger charge is -2.00. The quantitative estimate of drug-likeness (QED) is 0.762. The maximum atomic E-state index is 10.2. The molecule has 0 aromatic heterocycles. The van der Waals surface area contributed by atoms with Crippen LogP contribution in [0.2, 0.25) is 0 Å². The Morgan fingerprint density at radius 2 is 2.00 bits per heavy atom. The summed E-state index contributed by atoms with van der Waals surface area (Å²) in [6.45, 7) is 0.257. The van der Waals surface area contributed by atoms with Gasteiger partial charge >= 0.3 is 5.43 Å². The van der Waals surface area contributed by atoms with Crippen molar-refractivity contribution < 1.29 is 14.6 Å². The number of benzene rings is 1. The fourth-order valence-electron chi connectivity index (χ4n) is 0.912. The molecule has 1 N–H and O–H groups in total. The number of ether oxygens (including phenoxy) is 1. The average Bonchev–Trinajstić information content (AvgIpc) is 2.08. The molecule has 0 atom stereocenters. The molecule has 0 aliphatic carbocycles. The largest absolute Gasteiger partial charge is 0.508 e. The highest BCUT2D eigenvalue weighted by Crippen LogP contribution is 2.10. The normalized spacial score (nSPS) is 9.62. The Hall–Kier alpha value is -1.22. The van der Waals surface area contributed by atoms with Crippen molar-refractivity contribution in [3.63, 3.8) is 0 Å². The van der Waals surface area contributed by atoms with Crippen molar-refractivity contribution in [2.45, 2.75) is 6.42 Å². The minimum atomic E-state index is -0.793. The lowest BCUT2D eigenvalue weighted by Crippen LogP contribution is -1.99. The summed E-state index contributed by atoms with van der Waals surface area (Å²) in [7, 11) is 0. The Kier molecular flexibility index (Phi) is 3.58. The second-order valence-corrected chi connectivity index (χ2v) is 2.81. The molecule has 0 amide bonds. The SMILES string of the molecule is O=C(Cl)OCCc1ccc(O)cc1. The van der Waals surface area contributed by atoms with Crippen molar-refractivity contribution in [2.75, 3.05) is 6.61 Å². The molecule has 13 heavy (non-hydrogen) atoms. The van der Waals surface area contributed by atoms with Crippen molar-refractivity contribution in [1.29, 1.82) is 0 Å². The third-order valence-corrected chi connectivity index (χ3v) is 1.65. The maximum Gasteiger partial charge on any atom is 0.403 e. The van der Waals surface area contributed by atoms with Crippen LogP contribution in [0.3, 0.4) is 0 Å². The van der Waals surface area contributed by atoms with Gasteiger partial charge in [0.2, 0.25) is 0 Å². The molecule has 0 unspecified atom stereocenters. The summed E-state index contributed by atoms with van der Waals surface area (Å²) < 4.78 is 4.54. The Bertz CT molecular complexity index is 281.